The number of nitrogens with zero attached hydrogens (tertiary/aromatic N) is 1. The monoisotopic (exact) mass is 488 g/mol. The van der Waals surface area contributed by atoms with Gasteiger partial charge in [0.2, 0.25) is 0 Å². The van der Waals surface area contributed by atoms with Crippen molar-refractivity contribution in [3.63, 3.8) is 0 Å². The molecule has 0 aromatic heterocycles. The van der Waals surface area contributed by atoms with Crippen molar-refractivity contribution in [3.05, 3.63) is 59.2 Å². The molecule has 0 aliphatic carbocycles. The summed E-state index contributed by atoms with van der Waals surface area (Å²) in [4.78, 5) is 15.9. The van der Waals surface area contributed by atoms with Crippen molar-refractivity contribution >= 4 is 30.1 Å². The molecule has 2 aromatic carbocycles. The first-order chi connectivity index (χ1) is 14.6. The lowest BCUT2D eigenvalue weighted by Crippen LogP contribution is -2.57. The summed E-state index contributed by atoms with van der Waals surface area (Å²) in [6, 6.07) is 11.6. The zero-order valence-electron chi connectivity index (χ0n) is 18.5. The molecule has 2 aromatic rings. The fourth-order valence-corrected chi connectivity index (χ4v) is 5.13. The molecule has 0 saturated carbocycles. The second-order valence-electron chi connectivity index (χ2n) is 8.16. The Labute approximate surface area is 197 Å². The highest BCUT2D eigenvalue weighted by atomic mass is 35.5. The van der Waals surface area contributed by atoms with Crippen LogP contribution in [0.1, 0.15) is 34.8 Å². The Morgan fingerprint density at radius 2 is 1.91 bits per heavy atom. The van der Waals surface area contributed by atoms with E-state index in [1.165, 1.54) is 7.11 Å². The third kappa shape index (κ3) is 5.53. The molecular formula is C23H28ClF3N2O2S. The minimum Gasteiger partial charge on any atom is -0.496 e. The van der Waals surface area contributed by atoms with E-state index >= 15 is 0 Å². The Morgan fingerprint density at radius 1 is 1.25 bits per heavy atom. The SMILES string of the molecule is COc1cc(C(F)(F)F)cc(SC)c1C(=O)N[C@@]1(c2ccccc2)C[C@@H](C)CN(C)C1.Cl. The van der Waals surface area contributed by atoms with Crippen LogP contribution < -0.4 is 10.1 Å². The van der Waals surface area contributed by atoms with Crippen molar-refractivity contribution < 1.29 is 22.7 Å². The molecule has 1 N–H and O–H groups in total. The average Bonchev–Trinajstić information content (AvgIpc) is 2.71. The van der Waals surface area contributed by atoms with Gasteiger partial charge >= 0.3 is 6.18 Å². The van der Waals surface area contributed by atoms with Crippen LogP contribution in [0.15, 0.2) is 47.4 Å². The molecule has 1 aliphatic heterocycles. The molecular weight excluding hydrogens is 461 g/mol. The fraction of sp³-hybridized carbons (Fsp3) is 0.435. The van der Waals surface area contributed by atoms with E-state index in [-0.39, 0.29) is 28.6 Å². The molecule has 0 unspecified atom stereocenters. The number of likely N-dealkylation sites (tertiary alicyclic amines) is 1. The smallest absolute Gasteiger partial charge is 0.416 e. The number of hydrogen-bond donors (Lipinski definition) is 1. The number of alkyl halides is 3. The van der Waals surface area contributed by atoms with E-state index < -0.39 is 23.2 Å². The zero-order chi connectivity index (χ0) is 22.8. The van der Waals surface area contributed by atoms with Gasteiger partial charge in [-0.1, -0.05) is 37.3 Å². The maximum atomic E-state index is 13.5. The number of halogens is 4. The van der Waals surface area contributed by atoms with Crippen molar-refractivity contribution in [2.45, 2.75) is 30.0 Å². The topological polar surface area (TPSA) is 41.6 Å². The third-order valence-electron chi connectivity index (χ3n) is 5.60. The van der Waals surface area contributed by atoms with Gasteiger partial charge in [0, 0.05) is 18.0 Å². The maximum Gasteiger partial charge on any atom is 0.416 e. The number of rotatable bonds is 5. The minimum absolute atomic E-state index is 0. The minimum atomic E-state index is -4.53. The lowest BCUT2D eigenvalue weighted by molar-refractivity contribution is -0.137. The Hall–Kier alpha value is -1.90. The van der Waals surface area contributed by atoms with Gasteiger partial charge in [-0.25, -0.2) is 0 Å². The molecule has 9 heteroatoms. The Morgan fingerprint density at radius 3 is 2.44 bits per heavy atom. The van der Waals surface area contributed by atoms with Crippen LogP contribution >= 0.6 is 24.2 Å². The van der Waals surface area contributed by atoms with Crippen LogP contribution in [0, 0.1) is 5.92 Å². The summed E-state index contributed by atoms with van der Waals surface area (Å²) >= 11 is 1.09. The number of hydrogen-bond acceptors (Lipinski definition) is 4. The van der Waals surface area contributed by atoms with Gasteiger partial charge in [0.15, 0.2) is 0 Å². The Balaban J connectivity index is 0.00000363. The largest absolute Gasteiger partial charge is 0.496 e. The number of likely N-dealkylation sites (N-methyl/N-ethyl adjacent to an activating group) is 1. The van der Waals surface area contributed by atoms with Crippen LogP contribution in [0.25, 0.3) is 0 Å². The molecule has 1 heterocycles. The Kier molecular flexibility index (Phi) is 8.53. The van der Waals surface area contributed by atoms with Gasteiger partial charge in [-0.2, -0.15) is 13.2 Å². The van der Waals surface area contributed by atoms with Crippen molar-refractivity contribution in [3.8, 4) is 5.75 Å². The molecule has 0 bridgehead atoms. The molecule has 32 heavy (non-hydrogen) atoms. The number of benzene rings is 2. The normalized spacial score (nSPS) is 21.5. The lowest BCUT2D eigenvalue weighted by Gasteiger charge is -2.45. The van der Waals surface area contributed by atoms with E-state index in [4.69, 9.17) is 4.74 Å². The fourth-order valence-electron chi connectivity index (χ4n) is 4.49. The summed E-state index contributed by atoms with van der Waals surface area (Å²) in [5.74, 6) is -0.202. The van der Waals surface area contributed by atoms with E-state index in [9.17, 15) is 18.0 Å². The van der Waals surface area contributed by atoms with Gasteiger partial charge in [-0.15, -0.1) is 24.2 Å². The number of nitrogens with one attached hydrogen (secondary N) is 1. The predicted molar refractivity (Wildman–Crippen MR) is 124 cm³/mol. The van der Waals surface area contributed by atoms with Crippen LogP contribution in [0.4, 0.5) is 13.2 Å². The second kappa shape index (κ2) is 10.4. The van der Waals surface area contributed by atoms with E-state index in [2.05, 4.69) is 17.1 Å². The number of ether oxygens (including phenoxy) is 1. The highest BCUT2D eigenvalue weighted by Gasteiger charge is 2.41. The number of amides is 1. The van der Waals surface area contributed by atoms with Gasteiger partial charge in [-0.3, -0.25) is 4.79 Å². The lowest BCUT2D eigenvalue weighted by atomic mass is 9.78. The van der Waals surface area contributed by atoms with E-state index in [0.717, 1.165) is 42.4 Å². The van der Waals surface area contributed by atoms with Gasteiger partial charge in [0.1, 0.15) is 5.75 Å². The summed E-state index contributed by atoms with van der Waals surface area (Å²) in [5.41, 5.74) is -0.403. The summed E-state index contributed by atoms with van der Waals surface area (Å²) in [5, 5.41) is 3.18. The summed E-state index contributed by atoms with van der Waals surface area (Å²) in [6.45, 7) is 3.64. The number of carbonyl (C=O) groups excluding carboxylic acids is 1. The highest BCUT2D eigenvalue weighted by molar-refractivity contribution is 7.98. The molecule has 3 rings (SSSR count). The van der Waals surface area contributed by atoms with E-state index in [1.54, 1.807) is 6.26 Å². The molecule has 1 amide bonds. The van der Waals surface area contributed by atoms with Crippen molar-refractivity contribution in [1.82, 2.24) is 10.2 Å². The summed E-state index contributed by atoms with van der Waals surface area (Å²) in [7, 11) is 3.28. The van der Waals surface area contributed by atoms with Crippen LogP contribution in [0.5, 0.6) is 5.75 Å². The highest BCUT2D eigenvalue weighted by Crippen LogP contribution is 2.40. The summed E-state index contributed by atoms with van der Waals surface area (Å²) in [6.07, 6.45) is -2.15. The van der Waals surface area contributed by atoms with Crippen molar-refractivity contribution in [2.24, 2.45) is 5.92 Å². The zero-order valence-corrected chi connectivity index (χ0v) is 20.1. The molecule has 176 valence electrons. The molecule has 2 atom stereocenters. The average molecular weight is 489 g/mol. The first-order valence-corrected chi connectivity index (χ1v) is 11.2. The van der Waals surface area contributed by atoms with Crippen LogP contribution in [-0.2, 0) is 11.7 Å². The van der Waals surface area contributed by atoms with E-state index in [1.807, 2.05) is 37.4 Å². The van der Waals surface area contributed by atoms with Crippen LogP contribution in [-0.4, -0.2) is 44.3 Å². The number of methoxy groups -OCH3 is 1. The Bertz CT molecular complexity index is 906. The van der Waals surface area contributed by atoms with Crippen molar-refractivity contribution in [1.29, 1.82) is 0 Å². The predicted octanol–water partition coefficient (Wildman–Crippen LogP) is 5.45. The van der Waals surface area contributed by atoms with Crippen molar-refractivity contribution in [2.75, 3.05) is 33.5 Å². The maximum absolute atomic E-state index is 13.5. The number of piperidine rings is 1. The molecule has 4 nitrogen and oxygen atoms in total. The van der Waals surface area contributed by atoms with Crippen LogP contribution in [0.2, 0.25) is 0 Å². The molecule has 1 fully saturated rings. The molecule has 0 radical (unpaired) electrons. The first kappa shape index (κ1) is 26.4. The molecule has 0 spiro atoms. The van der Waals surface area contributed by atoms with Gasteiger partial charge in [0.25, 0.3) is 5.91 Å². The number of carbonyl (C=O) groups is 1. The van der Waals surface area contributed by atoms with Gasteiger partial charge in [0.05, 0.1) is 23.8 Å². The third-order valence-corrected chi connectivity index (χ3v) is 6.36. The number of thioether (sulfide) groups is 1. The molecule has 1 aliphatic rings. The van der Waals surface area contributed by atoms with Gasteiger partial charge < -0.3 is 15.0 Å². The quantitative estimate of drug-likeness (QED) is 0.568. The van der Waals surface area contributed by atoms with Gasteiger partial charge in [-0.05, 0) is 43.3 Å². The second-order valence-corrected chi connectivity index (χ2v) is 9.01. The standard InChI is InChI=1S/C23H27F3N2O2S.ClH/c1-15-12-22(14-28(2)13-15,16-8-6-5-7-9-16)27-21(29)20-18(30-3)10-17(23(24,25)26)11-19(20)31-4;/h5-11,15H,12-14H2,1-4H3,(H,27,29);1H/t15-,22+;/m1./s1. The van der Waals surface area contributed by atoms with E-state index in [0.29, 0.717) is 12.5 Å². The van der Waals surface area contributed by atoms with Crippen LogP contribution in [0.3, 0.4) is 0 Å². The molecule has 1 saturated heterocycles. The summed E-state index contributed by atoms with van der Waals surface area (Å²) < 4.78 is 45.2. The first-order valence-electron chi connectivity index (χ1n) is 9.99.